The summed E-state index contributed by atoms with van der Waals surface area (Å²) >= 11 is 2.18. The van der Waals surface area contributed by atoms with E-state index in [2.05, 4.69) is 25.6 Å². The first-order valence-electron chi connectivity index (χ1n) is 6.11. The van der Waals surface area contributed by atoms with Crippen LogP contribution in [0.15, 0.2) is 0 Å². The molecule has 0 aromatic heterocycles. The average molecular weight is 215 g/mol. The van der Waals surface area contributed by atoms with E-state index in [1.54, 1.807) is 0 Å². The number of hydrogen-bond donors (Lipinski definition) is 1. The average Bonchev–Trinajstić information content (AvgIpc) is 2.18. The van der Waals surface area contributed by atoms with E-state index >= 15 is 0 Å². The quantitative estimate of drug-likeness (QED) is 0.760. The molecule has 14 heavy (non-hydrogen) atoms. The number of hydrogen-bond acceptors (Lipinski definition) is 2. The predicted octanol–water partition coefficient (Wildman–Crippen LogP) is 3.43. The second-order valence-corrected chi connectivity index (χ2v) is 5.98. The van der Waals surface area contributed by atoms with Crippen LogP contribution in [0, 0.1) is 5.92 Å². The lowest BCUT2D eigenvalue weighted by Gasteiger charge is -2.30. The molecule has 0 saturated heterocycles. The second kappa shape index (κ2) is 6.73. The standard InChI is InChI=1S/C12H25NS/c1-3-11-6-4-5-7-12(11)14-9-8-10(2)13/h10-12H,3-9,13H2,1-2H3. The summed E-state index contributed by atoms with van der Waals surface area (Å²) < 4.78 is 0. The Balaban J connectivity index is 2.19. The molecule has 0 amide bonds. The van der Waals surface area contributed by atoms with E-state index < -0.39 is 0 Å². The minimum Gasteiger partial charge on any atom is -0.328 e. The van der Waals surface area contributed by atoms with Crippen molar-refractivity contribution in [3.05, 3.63) is 0 Å². The summed E-state index contributed by atoms with van der Waals surface area (Å²) in [5, 5.41) is 0.937. The maximum absolute atomic E-state index is 5.76. The van der Waals surface area contributed by atoms with Gasteiger partial charge in [-0.15, -0.1) is 0 Å². The highest BCUT2D eigenvalue weighted by Gasteiger charge is 2.23. The Bertz CT molecular complexity index is 147. The van der Waals surface area contributed by atoms with Crippen molar-refractivity contribution in [2.24, 2.45) is 11.7 Å². The molecular formula is C12H25NS. The Morgan fingerprint density at radius 2 is 2.07 bits per heavy atom. The molecule has 84 valence electrons. The van der Waals surface area contributed by atoms with E-state index in [-0.39, 0.29) is 0 Å². The van der Waals surface area contributed by atoms with Gasteiger partial charge in [0.05, 0.1) is 0 Å². The largest absolute Gasteiger partial charge is 0.328 e. The van der Waals surface area contributed by atoms with Crippen LogP contribution < -0.4 is 5.73 Å². The zero-order chi connectivity index (χ0) is 10.4. The van der Waals surface area contributed by atoms with Crippen molar-refractivity contribution in [3.63, 3.8) is 0 Å². The summed E-state index contributed by atoms with van der Waals surface area (Å²) in [5.41, 5.74) is 5.76. The summed E-state index contributed by atoms with van der Waals surface area (Å²) in [7, 11) is 0. The van der Waals surface area contributed by atoms with Crippen molar-refractivity contribution in [2.45, 2.75) is 63.7 Å². The lowest BCUT2D eigenvalue weighted by atomic mass is 9.87. The van der Waals surface area contributed by atoms with Crippen LogP contribution in [0.3, 0.4) is 0 Å². The van der Waals surface area contributed by atoms with Crippen molar-refractivity contribution in [1.29, 1.82) is 0 Å². The van der Waals surface area contributed by atoms with Crippen LogP contribution in [0.2, 0.25) is 0 Å². The van der Waals surface area contributed by atoms with Gasteiger partial charge < -0.3 is 5.73 Å². The van der Waals surface area contributed by atoms with E-state index in [4.69, 9.17) is 5.73 Å². The van der Waals surface area contributed by atoms with Crippen LogP contribution in [0.1, 0.15) is 52.4 Å². The number of nitrogens with two attached hydrogens (primary N) is 1. The normalized spacial score (nSPS) is 30.2. The van der Waals surface area contributed by atoms with E-state index in [1.807, 2.05) is 0 Å². The van der Waals surface area contributed by atoms with Crippen LogP contribution in [-0.4, -0.2) is 17.0 Å². The molecule has 2 N–H and O–H groups in total. The van der Waals surface area contributed by atoms with Crippen molar-refractivity contribution in [3.8, 4) is 0 Å². The van der Waals surface area contributed by atoms with Gasteiger partial charge in [-0.2, -0.15) is 11.8 Å². The maximum atomic E-state index is 5.76. The monoisotopic (exact) mass is 215 g/mol. The smallest absolute Gasteiger partial charge is 0.00752 e. The summed E-state index contributed by atoms with van der Waals surface area (Å²) in [6.45, 7) is 4.45. The summed E-state index contributed by atoms with van der Waals surface area (Å²) in [4.78, 5) is 0. The first-order valence-corrected chi connectivity index (χ1v) is 7.16. The highest BCUT2D eigenvalue weighted by Crippen LogP contribution is 2.35. The van der Waals surface area contributed by atoms with E-state index in [0.717, 1.165) is 11.2 Å². The predicted molar refractivity (Wildman–Crippen MR) is 66.8 cm³/mol. The fourth-order valence-electron chi connectivity index (χ4n) is 2.27. The molecule has 0 aromatic carbocycles. The van der Waals surface area contributed by atoms with Crippen molar-refractivity contribution < 1.29 is 0 Å². The molecule has 3 unspecified atom stereocenters. The Hall–Kier alpha value is 0.310. The highest BCUT2D eigenvalue weighted by atomic mass is 32.2. The van der Waals surface area contributed by atoms with E-state index in [0.29, 0.717) is 6.04 Å². The van der Waals surface area contributed by atoms with E-state index in [1.165, 1.54) is 44.3 Å². The molecule has 3 atom stereocenters. The molecule has 0 bridgehead atoms. The Morgan fingerprint density at radius 3 is 2.71 bits per heavy atom. The van der Waals surface area contributed by atoms with Gasteiger partial charge in [0, 0.05) is 11.3 Å². The van der Waals surface area contributed by atoms with Crippen LogP contribution >= 0.6 is 11.8 Å². The van der Waals surface area contributed by atoms with Gasteiger partial charge in [-0.05, 0) is 37.9 Å². The van der Waals surface area contributed by atoms with Crippen molar-refractivity contribution >= 4 is 11.8 Å². The summed E-state index contributed by atoms with van der Waals surface area (Å²) in [6.07, 6.45) is 8.37. The molecule has 1 rings (SSSR count). The molecular weight excluding hydrogens is 190 g/mol. The molecule has 0 spiro atoms. The van der Waals surface area contributed by atoms with Gasteiger partial charge in [0.25, 0.3) is 0 Å². The minimum absolute atomic E-state index is 0.381. The maximum Gasteiger partial charge on any atom is 0.00752 e. The lowest BCUT2D eigenvalue weighted by Crippen LogP contribution is -2.23. The molecule has 0 aromatic rings. The first-order chi connectivity index (χ1) is 6.74. The second-order valence-electron chi connectivity index (χ2n) is 4.63. The Kier molecular flexibility index (Phi) is 5.95. The van der Waals surface area contributed by atoms with Gasteiger partial charge in [0.15, 0.2) is 0 Å². The molecule has 1 fully saturated rings. The molecule has 1 aliphatic carbocycles. The molecule has 0 radical (unpaired) electrons. The van der Waals surface area contributed by atoms with Crippen LogP contribution in [-0.2, 0) is 0 Å². The molecule has 2 heteroatoms. The van der Waals surface area contributed by atoms with Crippen molar-refractivity contribution in [1.82, 2.24) is 0 Å². The SMILES string of the molecule is CCC1CCCCC1SCCC(C)N. The van der Waals surface area contributed by atoms with Crippen LogP contribution in [0.5, 0.6) is 0 Å². The zero-order valence-electron chi connectivity index (χ0n) is 9.67. The summed E-state index contributed by atoms with van der Waals surface area (Å²) in [6, 6.07) is 0.381. The van der Waals surface area contributed by atoms with Gasteiger partial charge in [0.1, 0.15) is 0 Å². The first kappa shape index (κ1) is 12.4. The molecule has 0 heterocycles. The third-order valence-electron chi connectivity index (χ3n) is 3.27. The molecule has 1 aliphatic rings. The van der Waals surface area contributed by atoms with Gasteiger partial charge in [0.2, 0.25) is 0 Å². The molecule has 0 aliphatic heterocycles. The topological polar surface area (TPSA) is 26.0 Å². The molecule has 1 nitrogen and oxygen atoms in total. The fraction of sp³-hybridized carbons (Fsp3) is 1.00. The minimum atomic E-state index is 0.381. The Morgan fingerprint density at radius 1 is 1.36 bits per heavy atom. The van der Waals surface area contributed by atoms with Crippen LogP contribution in [0.25, 0.3) is 0 Å². The lowest BCUT2D eigenvalue weighted by molar-refractivity contribution is 0.361. The van der Waals surface area contributed by atoms with Crippen molar-refractivity contribution in [2.75, 3.05) is 5.75 Å². The molecule has 1 saturated carbocycles. The number of thioether (sulfide) groups is 1. The van der Waals surface area contributed by atoms with E-state index in [9.17, 15) is 0 Å². The zero-order valence-corrected chi connectivity index (χ0v) is 10.5. The van der Waals surface area contributed by atoms with Gasteiger partial charge in [-0.25, -0.2) is 0 Å². The van der Waals surface area contributed by atoms with Gasteiger partial charge in [-0.3, -0.25) is 0 Å². The highest BCUT2D eigenvalue weighted by molar-refractivity contribution is 7.99. The Labute approximate surface area is 93.2 Å². The van der Waals surface area contributed by atoms with Crippen LogP contribution in [0.4, 0.5) is 0 Å². The summed E-state index contributed by atoms with van der Waals surface area (Å²) in [5.74, 6) is 2.25. The third-order valence-corrected chi connectivity index (χ3v) is 4.79. The fourth-order valence-corrected chi connectivity index (χ4v) is 4.01. The van der Waals surface area contributed by atoms with Gasteiger partial charge >= 0.3 is 0 Å². The van der Waals surface area contributed by atoms with Gasteiger partial charge in [-0.1, -0.05) is 26.2 Å². The number of rotatable bonds is 5. The third kappa shape index (κ3) is 4.22.